The van der Waals surface area contributed by atoms with Crippen LogP contribution in [0, 0.1) is 0 Å². The maximum absolute atomic E-state index is 7.33. The second kappa shape index (κ2) is 6.12. The summed E-state index contributed by atoms with van der Waals surface area (Å²) in [6, 6.07) is 0. The standard InChI is InChI=1S/C2H5.Hg.H4O4Si/c1-2;;1-5(2,3)4/h1H2,2H3;;1-4H. The first-order chi connectivity index (χ1) is 3.41. The van der Waals surface area contributed by atoms with Crippen LogP contribution in [0.3, 0.4) is 0 Å². The molecule has 4 N–H and O–H groups in total. The van der Waals surface area contributed by atoms with Crippen molar-refractivity contribution >= 4 is 9.05 Å². The van der Waals surface area contributed by atoms with Crippen molar-refractivity contribution in [3.63, 3.8) is 0 Å². The summed E-state index contributed by atoms with van der Waals surface area (Å²) >= 11 is 1.07. The zero-order chi connectivity index (χ0) is 7.21. The number of hydrogen-bond acceptors (Lipinski definition) is 4. The fourth-order valence-corrected chi connectivity index (χ4v) is 0. The molecule has 0 saturated carbocycles. The first-order valence-corrected chi connectivity index (χ1v) is 7.78. The molecular formula is C2H9HgO4Si. The third-order valence-corrected chi connectivity index (χ3v) is 0. The molecule has 0 fully saturated rings. The molecule has 0 aromatic heterocycles. The summed E-state index contributed by atoms with van der Waals surface area (Å²) in [5, 5.41) is 0. The van der Waals surface area contributed by atoms with Crippen molar-refractivity contribution in [1.82, 2.24) is 0 Å². The fraction of sp³-hybridized carbons (Fsp3) is 1.00. The van der Waals surface area contributed by atoms with Gasteiger partial charge in [-0.15, -0.1) is 0 Å². The van der Waals surface area contributed by atoms with Crippen LogP contribution in [-0.4, -0.2) is 28.2 Å². The van der Waals surface area contributed by atoms with Gasteiger partial charge in [-0.25, -0.2) is 0 Å². The molecule has 4 nitrogen and oxygen atoms in total. The molecule has 0 aliphatic heterocycles. The predicted molar refractivity (Wildman–Crippen MR) is 25.1 cm³/mol. The third-order valence-electron chi connectivity index (χ3n) is 0. The van der Waals surface area contributed by atoms with Gasteiger partial charge in [0.15, 0.2) is 0 Å². The maximum atomic E-state index is 7.33. The molecular weight excluding hydrogens is 317 g/mol. The molecule has 0 unspecified atom stereocenters. The van der Waals surface area contributed by atoms with E-state index in [1.54, 1.807) is 0 Å². The zero-order valence-corrected chi connectivity index (χ0v) is 11.2. The predicted octanol–water partition coefficient (Wildman–Crippen LogP) is -1.64. The van der Waals surface area contributed by atoms with E-state index in [1.165, 1.54) is 3.93 Å². The molecule has 6 heteroatoms. The van der Waals surface area contributed by atoms with Crippen LogP contribution in [0.15, 0.2) is 0 Å². The molecule has 0 bridgehead atoms. The van der Waals surface area contributed by atoms with Gasteiger partial charge >= 0.3 is 46.0 Å². The van der Waals surface area contributed by atoms with E-state index in [2.05, 4.69) is 6.92 Å². The van der Waals surface area contributed by atoms with Crippen LogP contribution in [0.1, 0.15) is 6.92 Å². The summed E-state index contributed by atoms with van der Waals surface area (Å²) in [6.45, 7) is 2.21. The van der Waals surface area contributed by atoms with Gasteiger partial charge in [0.25, 0.3) is 0 Å². The summed E-state index contributed by atoms with van der Waals surface area (Å²) < 4.78 is 1.44. The Morgan fingerprint density at radius 1 is 1.25 bits per heavy atom. The van der Waals surface area contributed by atoms with Crippen LogP contribution in [0.25, 0.3) is 0 Å². The van der Waals surface area contributed by atoms with E-state index < -0.39 is 9.05 Å². The monoisotopic (exact) mass is 327 g/mol. The molecule has 8 heavy (non-hydrogen) atoms. The van der Waals surface area contributed by atoms with E-state index in [0.717, 1.165) is 26.1 Å². The Kier molecular flexibility index (Phi) is 8.98. The molecule has 0 atom stereocenters. The van der Waals surface area contributed by atoms with E-state index in [4.69, 9.17) is 19.2 Å². The first-order valence-electron chi connectivity index (χ1n) is 2.10. The maximum Gasteiger partial charge on any atom is 0.668 e. The Hall–Kier alpha value is 0.992. The zero-order valence-electron chi connectivity index (χ0n) is 4.70. The molecule has 0 aliphatic carbocycles. The van der Waals surface area contributed by atoms with Crippen LogP contribution < -0.4 is 0 Å². The molecule has 0 aromatic carbocycles. The van der Waals surface area contributed by atoms with Crippen LogP contribution in [-0.2, 0) is 26.1 Å². The van der Waals surface area contributed by atoms with Crippen molar-refractivity contribution in [1.29, 1.82) is 0 Å². The normalized spacial score (nSPS) is 9.88. The minimum Gasteiger partial charge on any atom is -0.368 e. The summed E-state index contributed by atoms with van der Waals surface area (Å²) in [6.07, 6.45) is 0. The summed E-state index contributed by atoms with van der Waals surface area (Å²) in [7, 11) is -4.61. The van der Waals surface area contributed by atoms with Crippen LogP contribution in [0.2, 0.25) is 3.93 Å². The Bertz CT molecular complexity index is 37.8. The molecule has 0 aliphatic rings. The average molecular weight is 326 g/mol. The van der Waals surface area contributed by atoms with Crippen molar-refractivity contribution in [3.8, 4) is 0 Å². The van der Waals surface area contributed by atoms with E-state index >= 15 is 0 Å². The van der Waals surface area contributed by atoms with E-state index in [1.807, 2.05) is 0 Å². The van der Waals surface area contributed by atoms with Crippen LogP contribution >= 0.6 is 0 Å². The van der Waals surface area contributed by atoms with Gasteiger partial charge in [0.05, 0.1) is 0 Å². The Morgan fingerprint density at radius 3 is 1.25 bits per heavy atom. The minimum absolute atomic E-state index is 1.07. The Labute approximate surface area is 65.3 Å². The molecule has 0 rings (SSSR count). The van der Waals surface area contributed by atoms with Gasteiger partial charge in [0.2, 0.25) is 0 Å². The molecule has 0 aromatic rings. The van der Waals surface area contributed by atoms with Gasteiger partial charge in [-0.2, -0.15) is 0 Å². The molecule has 0 spiro atoms. The molecule has 0 radical (unpaired) electrons. The van der Waals surface area contributed by atoms with Crippen molar-refractivity contribution in [2.75, 3.05) is 0 Å². The Morgan fingerprint density at radius 2 is 1.25 bits per heavy atom. The van der Waals surface area contributed by atoms with E-state index in [0.29, 0.717) is 0 Å². The smallest absolute Gasteiger partial charge is 0.368 e. The van der Waals surface area contributed by atoms with Crippen LogP contribution in [0.5, 0.6) is 0 Å². The largest absolute Gasteiger partial charge is 0.668 e. The second-order valence-electron chi connectivity index (χ2n) is 1.10. The van der Waals surface area contributed by atoms with E-state index in [9.17, 15) is 0 Å². The van der Waals surface area contributed by atoms with Gasteiger partial charge in [-0.05, 0) is 0 Å². The fourth-order valence-electron chi connectivity index (χ4n) is 0. The van der Waals surface area contributed by atoms with Gasteiger partial charge < -0.3 is 19.2 Å². The second-order valence-corrected chi connectivity index (χ2v) is 6.19. The first kappa shape index (κ1) is 11.7. The SMILES string of the molecule is C[CH2][Hg].O[Si](O)(O)O. The number of rotatable bonds is 0. The molecule has 0 heterocycles. The van der Waals surface area contributed by atoms with Crippen molar-refractivity contribution in [2.45, 2.75) is 10.9 Å². The van der Waals surface area contributed by atoms with Gasteiger partial charge in [0.1, 0.15) is 0 Å². The summed E-state index contributed by atoms with van der Waals surface area (Å²) in [4.78, 5) is 29.3. The van der Waals surface area contributed by atoms with Crippen molar-refractivity contribution < 1.29 is 45.3 Å². The van der Waals surface area contributed by atoms with Gasteiger partial charge in [-0.1, -0.05) is 0 Å². The van der Waals surface area contributed by atoms with Gasteiger partial charge in [-0.3, -0.25) is 0 Å². The summed E-state index contributed by atoms with van der Waals surface area (Å²) in [5.41, 5.74) is 0. The third kappa shape index (κ3) is 255. The molecule has 0 amide bonds. The van der Waals surface area contributed by atoms with E-state index in [-0.39, 0.29) is 0 Å². The summed E-state index contributed by atoms with van der Waals surface area (Å²) in [5.74, 6) is 0. The molecule has 0 saturated heterocycles. The Balaban J connectivity index is 0. The number of hydrogen-bond donors (Lipinski definition) is 4. The minimum atomic E-state index is -4.61. The quantitative estimate of drug-likeness (QED) is 0.403. The molecule has 47 valence electrons. The van der Waals surface area contributed by atoms with Crippen molar-refractivity contribution in [3.05, 3.63) is 0 Å². The van der Waals surface area contributed by atoms with Gasteiger partial charge in [0, 0.05) is 0 Å². The van der Waals surface area contributed by atoms with Crippen molar-refractivity contribution in [2.24, 2.45) is 0 Å². The topological polar surface area (TPSA) is 80.9 Å². The van der Waals surface area contributed by atoms with Crippen LogP contribution in [0.4, 0.5) is 0 Å². The average Bonchev–Trinajstić information content (AvgIpc) is 1.27.